The summed E-state index contributed by atoms with van der Waals surface area (Å²) in [5.41, 5.74) is 6.32. The minimum Gasteiger partial charge on any atom is -0.491 e. The summed E-state index contributed by atoms with van der Waals surface area (Å²) >= 11 is 3.35. The molecular formula is C15H16BrNO3S. The van der Waals surface area contributed by atoms with E-state index >= 15 is 0 Å². The average molecular weight is 370 g/mol. The molecule has 0 aliphatic carbocycles. The zero-order valence-corrected chi connectivity index (χ0v) is 13.7. The second kappa shape index (κ2) is 7.06. The Balaban J connectivity index is 2.03. The number of benzene rings is 2. The predicted octanol–water partition coefficient (Wildman–Crippen LogP) is 2.76. The van der Waals surface area contributed by atoms with Gasteiger partial charge in [-0.15, -0.1) is 0 Å². The first kappa shape index (κ1) is 16.0. The molecule has 4 nitrogen and oxygen atoms in total. The summed E-state index contributed by atoms with van der Waals surface area (Å²) in [6.45, 7) is 0.411. The second-order valence-electron chi connectivity index (χ2n) is 4.45. The lowest BCUT2D eigenvalue weighted by molar-refractivity contribution is 0.339. The molecule has 0 fully saturated rings. The molecule has 0 bridgehead atoms. The van der Waals surface area contributed by atoms with E-state index in [1.807, 2.05) is 18.2 Å². The van der Waals surface area contributed by atoms with Gasteiger partial charge in [-0.2, -0.15) is 0 Å². The summed E-state index contributed by atoms with van der Waals surface area (Å²) < 4.78 is 30.8. The molecule has 0 radical (unpaired) electrons. The Morgan fingerprint density at radius 3 is 2.57 bits per heavy atom. The molecule has 0 heterocycles. The van der Waals surface area contributed by atoms with Crippen molar-refractivity contribution in [2.75, 3.05) is 12.4 Å². The third-order valence-electron chi connectivity index (χ3n) is 2.94. The van der Waals surface area contributed by atoms with Crippen molar-refractivity contribution >= 4 is 25.8 Å². The standard InChI is InChI=1S/C15H16BrNO3S/c16-14-6-1-2-7-15(14)20-8-9-21(18,19)13-5-3-4-12(10-13)11-17/h1-7,10H,8-9,11,17H2. The summed E-state index contributed by atoms with van der Waals surface area (Å²) in [4.78, 5) is 0.279. The minimum absolute atomic E-state index is 0.0810. The molecule has 0 saturated carbocycles. The molecule has 0 saturated heterocycles. The zero-order chi connectivity index (χ0) is 15.3. The van der Waals surface area contributed by atoms with Crippen LogP contribution < -0.4 is 10.5 Å². The van der Waals surface area contributed by atoms with Crippen molar-refractivity contribution in [2.45, 2.75) is 11.4 Å². The Kier molecular flexibility index (Phi) is 5.39. The molecule has 0 unspecified atom stereocenters. The van der Waals surface area contributed by atoms with Crippen molar-refractivity contribution in [2.24, 2.45) is 5.73 Å². The molecule has 0 spiro atoms. The van der Waals surface area contributed by atoms with Crippen LogP contribution in [0.4, 0.5) is 0 Å². The van der Waals surface area contributed by atoms with Crippen LogP contribution in [0.2, 0.25) is 0 Å². The fourth-order valence-electron chi connectivity index (χ4n) is 1.81. The van der Waals surface area contributed by atoms with Gasteiger partial charge < -0.3 is 10.5 Å². The molecule has 21 heavy (non-hydrogen) atoms. The SMILES string of the molecule is NCc1cccc(S(=O)(=O)CCOc2ccccc2Br)c1. The number of nitrogens with two attached hydrogens (primary N) is 1. The Bertz CT molecular complexity index is 716. The van der Waals surface area contributed by atoms with E-state index in [0.29, 0.717) is 12.3 Å². The summed E-state index contributed by atoms with van der Waals surface area (Å²) in [5, 5.41) is 0. The Labute approximate surface area is 133 Å². The van der Waals surface area contributed by atoms with Crippen LogP contribution in [0.5, 0.6) is 5.75 Å². The van der Waals surface area contributed by atoms with Crippen LogP contribution in [0.25, 0.3) is 0 Å². The number of halogens is 1. The van der Waals surface area contributed by atoms with Crippen molar-refractivity contribution in [3.8, 4) is 5.75 Å². The van der Waals surface area contributed by atoms with Gasteiger partial charge in [-0.05, 0) is 45.8 Å². The highest BCUT2D eigenvalue weighted by Gasteiger charge is 2.15. The van der Waals surface area contributed by atoms with Crippen LogP contribution in [0.15, 0.2) is 57.9 Å². The van der Waals surface area contributed by atoms with Gasteiger partial charge in [-0.1, -0.05) is 24.3 Å². The highest BCUT2D eigenvalue weighted by molar-refractivity contribution is 9.10. The van der Waals surface area contributed by atoms with Crippen molar-refractivity contribution < 1.29 is 13.2 Å². The van der Waals surface area contributed by atoms with Crippen LogP contribution in [-0.2, 0) is 16.4 Å². The fourth-order valence-corrected chi connectivity index (χ4v) is 3.36. The molecule has 0 amide bonds. The van der Waals surface area contributed by atoms with Crippen molar-refractivity contribution in [3.05, 3.63) is 58.6 Å². The summed E-state index contributed by atoms with van der Waals surface area (Å²) in [5.74, 6) is 0.547. The van der Waals surface area contributed by atoms with E-state index < -0.39 is 9.84 Å². The van der Waals surface area contributed by atoms with Gasteiger partial charge in [-0.3, -0.25) is 0 Å². The fraction of sp³-hybridized carbons (Fsp3) is 0.200. The zero-order valence-electron chi connectivity index (χ0n) is 11.3. The number of ether oxygens (including phenoxy) is 1. The monoisotopic (exact) mass is 369 g/mol. The van der Waals surface area contributed by atoms with Gasteiger partial charge >= 0.3 is 0 Å². The topological polar surface area (TPSA) is 69.4 Å². The van der Waals surface area contributed by atoms with Gasteiger partial charge in [0, 0.05) is 6.54 Å². The van der Waals surface area contributed by atoms with Gasteiger partial charge in [0.15, 0.2) is 9.84 Å². The van der Waals surface area contributed by atoms with Crippen molar-refractivity contribution in [1.29, 1.82) is 0 Å². The Morgan fingerprint density at radius 1 is 1.10 bits per heavy atom. The first-order chi connectivity index (χ1) is 10.0. The number of sulfone groups is 1. The van der Waals surface area contributed by atoms with Crippen molar-refractivity contribution in [3.63, 3.8) is 0 Å². The highest BCUT2D eigenvalue weighted by atomic mass is 79.9. The first-order valence-corrected chi connectivity index (χ1v) is 8.86. The molecule has 112 valence electrons. The second-order valence-corrected chi connectivity index (χ2v) is 7.41. The lowest BCUT2D eigenvalue weighted by atomic mass is 10.2. The molecule has 2 aromatic carbocycles. The van der Waals surface area contributed by atoms with E-state index in [-0.39, 0.29) is 17.3 Å². The van der Waals surface area contributed by atoms with E-state index in [1.165, 1.54) is 0 Å². The molecule has 0 aromatic heterocycles. The van der Waals surface area contributed by atoms with Gasteiger partial charge in [0.05, 0.1) is 15.1 Å². The molecule has 2 N–H and O–H groups in total. The predicted molar refractivity (Wildman–Crippen MR) is 86.0 cm³/mol. The molecule has 0 aliphatic rings. The molecule has 2 rings (SSSR count). The normalized spacial score (nSPS) is 11.3. The van der Waals surface area contributed by atoms with E-state index in [2.05, 4.69) is 15.9 Å². The maximum Gasteiger partial charge on any atom is 0.181 e. The van der Waals surface area contributed by atoms with Crippen LogP contribution in [-0.4, -0.2) is 20.8 Å². The molecule has 0 aliphatic heterocycles. The van der Waals surface area contributed by atoms with Crippen LogP contribution in [0.1, 0.15) is 5.56 Å². The summed E-state index contributed by atoms with van der Waals surface area (Å²) in [7, 11) is -3.37. The van der Waals surface area contributed by atoms with E-state index in [9.17, 15) is 8.42 Å². The van der Waals surface area contributed by atoms with Crippen molar-refractivity contribution in [1.82, 2.24) is 0 Å². The van der Waals surface area contributed by atoms with Crippen LogP contribution in [0.3, 0.4) is 0 Å². The number of hydrogen-bond acceptors (Lipinski definition) is 4. The summed E-state index contributed by atoms with van der Waals surface area (Å²) in [6.07, 6.45) is 0. The number of hydrogen-bond donors (Lipinski definition) is 1. The van der Waals surface area contributed by atoms with Crippen LogP contribution >= 0.6 is 15.9 Å². The van der Waals surface area contributed by atoms with Gasteiger partial charge in [0.1, 0.15) is 12.4 Å². The molecular weight excluding hydrogens is 354 g/mol. The van der Waals surface area contributed by atoms with E-state index in [1.54, 1.807) is 30.3 Å². The van der Waals surface area contributed by atoms with E-state index in [4.69, 9.17) is 10.5 Å². The Morgan fingerprint density at radius 2 is 1.86 bits per heavy atom. The average Bonchev–Trinajstić information content (AvgIpc) is 2.49. The highest BCUT2D eigenvalue weighted by Crippen LogP contribution is 2.24. The largest absolute Gasteiger partial charge is 0.491 e. The van der Waals surface area contributed by atoms with E-state index in [0.717, 1.165) is 10.0 Å². The smallest absolute Gasteiger partial charge is 0.181 e. The summed E-state index contributed by atoms with van der Waals surface area (Å²) in [6, 6.07) is 14.0. The van der Waals surface area contributed by atoms with Gasteiger partial charge in [0.2, 0.25) is 0 Å². The Hall–Kier alpha value is -1.37. The quantitative estimate of drug-likeness (QED) is 0.849. The third kappa shape index (κ3) is 4.30. The lowest BCUT2D eigenvalue weighted by Gasteiger charge is -2.09. The van der Waals surface area contributed by atoms with Gasteiger partial charge in [0.25, 0.3) is 0 Å². The maximum atomic E-state index is 12.2. The maximum absolute atomic E-state index is 12.2. The first-order valence-electron chi connectivity index (χ1n) is 6.42. The number of rotatable bonds is 6. The minimum atomic E-state index is -3.37. The van der Waals surface area contributed by atoms with Gasteiger partial charge in [-0.25, -0.2) is 8.42 Å². The molecule has 6 heteroatoms. The third-order valence-corrected chi connectivity index (χ3v) is 5.27. The number of para-hydroxylation sites is 1. The van der Waals surface area contributed by atoms with Crippen LogP contribution in [0, 0.1) is 0 Å². The molecule has 0 atom stereocenters. The lowest BCUT2D eigenvalue weighted by Crippen LogP contribution is -2.15. The molecule has 2 aromatic rings.